The van der Waals surface area contributed by atoms with Gasteiger partial charge >= 0.3 is 6.18 Å². The third kappa shape index (κ3) is 3.47. The molecule has 0 aromatic carbocycles. The van der Waals surface area contributed by atoms with Gasteiger partial charge in [0.15, 0.2) is 0 Å². The van der Waals surface area contributed by atoms with E-state index in [0.29, 0.717) is 0 Å². The predicted molar refractivity (Wildman–Crippen MR) is 46.3 cm³/mol. The lowest BCUT2D eigenvalue weighted by Gasteiger charge is -2.02. The van der Waals surface area contributed by atoms with Crippen molar-refractivity contribution in [3.63, 3.8) is 0 Å². The van der Waals surface area contributed by atoms with Crippen molar-refractivity contribution in [1.82, 2.24) is 5.32 Å². The Morgan fingerprint density at radius 3 is 2.60 bits per heavy atom. The molecule has 0 aliphatic rings. The Balaban J connectivity index is 2.58. The molecule has 0 atom stereocenters. The molecule has 15 heavy (non-hydrogen) atoms. The average Bonchev–Trinajstić information content (AvgIpc) is 2.61. The van der Waals surface area contributed by atoms with Gasteiger partial charge in [-0.3, -0.25) is 4.79 Å². The summed E-state index contributed by atoms with van der Waals surface area (Å²) < 4.78 is 40.7. The van der Waals surface area contributed by atoms with E-state index in [0.717, 1.165) is 12.1 Å². The summed E-state index contributed by atoms with van der Waals surface area (Å²) in [5, 5.41) is 2.28. The van der Waals surface area contributed by atoms with E-state index in [1.165, 1.54) is 0 Å². The van der Waals surface area contributed by atoms with E-state index in [4.69, 9.17) is 11.6 Å². The minimum absolute atomic E-state index is 0.0285. The van der Waals surface area contributed by atoms with Gasteiger partial charge in [-0.1, -0.05) is 0 Å². The fourth-order valence-electron chi connectivity index (χ4n) is 0.858. The number of carbonyl (C=O) groups is 1. The molecule has 0 radical (unpaired) electrons. The zero-order valence-electron chi connectivity index (χ0n) is 7.40. The van der Waals surface area contributed by atoms with Crippen molar-refractivity contribution in [3.05, 3.63) is 23.7 Å². The maximum atomic E-state index is 12.1. The van der Waals surface area contributed by atoms with Crippen molar-refractivity contribution in [2.75, 3.05) is 5.88 Å². The van der Waals surface area contributed by atoms with Crippen LogP contribution in [0.25, 0.3) is 0 Å². The third-order valence-corrected chi connectivity index (χ3v) is 1.76. The molecule has 0 unspecified atom stereocenters. The molecular weight excluding hydrogens is 235 g/mol. The van der Waals surface area contributed by atoms with E-state index in [2.05, 4.69) is 9.73 Å². The Kier molecular flexibility index (Phi) is 3.62. The fourth-order valence-corrected chi connectivity index (χ4v) is 0.953. The Hall–Kier alpha value is -1.17. The molecule has 1 amide bonds. The van der Waals surface area contributed by atoms with Gasteiger partial charge in [0.1, 0.15) is 11.6 Å². The van der Waals surface area contributed by atoms with Crippen LogP contribution in [-0.4, -0.2) is 11.8 Å². The quantitative estimate of drug-likeness (QED) is 0.824. The molecule has 0 fully saturated rings. The van der Waals surface area contributed by atoms with Crippen LogP contribution in [0.5, 0.6) is 0 Å². The Morgan fingerprint density at radius 2 is 2.13 bits per heavy atom. The lowest BCUT2D eigenvalue weighted by atomic mass is 10.4. The molecule has 1 rings (SSSR count). The van der Waals surface area contributed by atoms with Gasteiger partial charge in [-0.25, -0.2) is 0 Å². The highest BCUT2D eigenvalue weighted by Gasteiger charge is 2.34. The van der Waals surface area contributed by atoms with Gasteiger partial charge in [-0.2, -0.15) is 13.2 Å². The van der Waals surface area contributed by atoms with Gasteiger partial charge < -0.3 is 9.73 Å². The lowest BCUT2D eigenvalue weighted by molar-refractivity contribution is -0.153. The van der Waals surface area contributed by atoms with Crippen molar-refractivity contribution in [1.29, 1.82) is 0 Å². The van der Waals surface area contributed by atoms with Crippen molar-refractivity contribution >= 4 is 17.5 Å². The first-order valence-electron chi connectivity index (χ1n) is 3.92. The third-order valence-electron chi connectivity index (χ3n) is 1.52. The minimum atomic E-state index is -4.51. The number of halogens is 4. The maximum Gasteiger partial charge on any atom is 0.449 e. The predicted octanol–water partition coefficient (Wildman–Crippen LogP) is 2.15. The van der Waals surface area contributed by atoms with E-state index in [1.54, 1.807) is 0 Å². The van der Waals surface area contributed by atoms with Gasteiger partial charge in [-0.15, -0.1) is 11.6 Å². The number of furan rings is 1. The SMILES string of the molecule is O=C(CCl)NCc1ccc(C(F)(F)F)o1. The van der Waals surface area contributed by atoms with Gasteiger partial charge in [-0.05, 0) is 12.1 Å². The zero-order chi connectivity index (χ0) is 11.5. The highest BCUT2D eigenvalue weighted by molar-refractivity contribution is 6.27. The highest BCUT2D eigenvalue weighted by atomic mass is 35.5. The first-order valence-corrected chi connectivity index (χ1v) is 4.45. The number of hydrogen-bond donors (Lipinski definition) is 1. The van der Waals surface area contributed by atoms with Gasteiger partial charge in [0, 0.05) is 0 Å². The van der Waals surface area contributed by atoms with Crippen LogP contribution >= 0.6 is 11.6 Å². The summed E-state index contributed by atoms with van der Waals surface area (Å²) in [6.45, 7) is -0.109. The van der Waals surface area contributed by atoms with Crippen molar-refractivity contribution in [2.45, 2.75) is 12.7 Å². The van der Waals surface area contributed by atoms with Crippen LogP contribution in [-0.2, 0) is 17.5 Å². The van der Waals surface area contributed by atoms with Crippen molar-refractivity contribution in [3.8, 4) is 0 Å². The molecule has 0 aliphatic heterocycles. The molecule has 1 heterocycles. The van der Waals surface area contributed by atoms with E-state index >= 15 is 0 Å². The summed E-state index contributed by atoms with van der Waals surface area (Å²) in [5.74, 6) is -1.77. The first-order chi connectivity index (χ1) is 6.93. The maximum absolute atomic E-state index is 12.1. The molecule has 3 nitrogen and oxygen atoms in total. The number of hydrogen-bond acceptors (Lipinski definition) is 2. The molecule has 0 aliphatic carbocycles. The lowest BCUT2D eigenvalue weighted by Crippen LogP contribution is -2.23. The molecule has 0 spiro atoms. The van der Waals surface area contributed by atoms with Crippen LogP contribution in [0.1, 0.15) is 11.5 Å². The number of nitrogens with one attached hydrogen (secondary N) is 1. The fraction of sp³-hybridized carbons (Fsp3) is 0.375. The van der Waals surface area contributed by atoms with Gasteiger partial charge in [0.25, 0.3) is 0 Å². The van der Waals surface area contributed by atoms with Crippen molar-refractivity contribution < 1.29 is 22.4 Å². The molecule has 1 aromatic heterocycles. The topological polar surface area (TPSA) is 42.2 Å². The van der Waals surface area contributed by atoms with Crippen LogP contribution in [0.2, 0.25) is 0 Å². The number of alkyl halides is 4. The molecule has 0 bridgehead atoms. The number of carbonyl (C=O) groups excluding carboxylic acids is 1. The summed E-state index contributed by atoms with van der Waals surface area (Å²) in [5.41, 5.74) is 0. The molecule has 0 saturated heterocycles. The Labute approximate surface area is 88.2 Å². The van der Waals surface area contributed by atoms with Crippen LogP contribution in [0.3, 0.4) is 0 Å². The van der Waals surface area contributed by atoms with Crippen LogP contribution < -0.4 is 5.32 Å². The van der Waals surface area contributed by atoms with Crippen LogP contribution in [0, 0.1) is 0 Å². The molecule has 1 N–H and O–H groups in total. The summed E-state index contributed by atoms with van der Waals surface area (Å²) >= 11 is 5.17. The summed E-state index contributed by atoms with van der Waals surface area (Å²) in [6.07, 6.45) is -4.51. The van der Waals surface area contributed by atoms with E-state index in [-0.39, 0.29) is 18.2 Å². The first kappa shape index (κ1) is 11.9. The highest BCUT2D eigenvalue weighted by Crippen LogP contribution is 2.30. The monoisotopic (exact) mass is 241 g/mol. The normalized spacial score (nSPS) is 11.5. The molecule has 7 heteroatoms. The van der Waals surface area contributed by atoms with Gasteiger partial charge in [0.2, 0.25) is 11.7 Å². The second kappa shape index (κ2) is 4.57. The van der Waals surface area contributed by atoms with Crippen LogP contribution in [0.15, 0.2) is 16.5 Å². The van der Waals surface area contributed by atoms with Gasteiger partial charge in [0.05, 0.1) is 6.54 Å². The Morgan fingerprint density at radius 1 is 1.47 bits per heavy atom. The molecule has 0 saturated carbocycles. The minimum Gasteiger partial charge on any atom is -0.455 e. The van der Waals surface area contributed by atoms with E-state index in [9.17, 15) is 18.0 Å². The second-order valence-corrected chi connectivity index (χ2v) is 2.94. The number of amides is 1. The largest absolute Gasteiger partial charge is 0.455 e. The summed E-state index contributed by atoms with van der Waals surface area (Å²) in [7, 11) is 0. The summed E-state index contributed by atoms with van der Waals surface area (Å²) in [6, 6.07) is 1.96. The van der Waals surface area contributed by atoms with Crippen LogP contribution in [0.4, 0.5) is 13.2 Å². The molecule has 1 aromatic rings. The molecular formula is C8H7ClF3NO2. The molecule has 84 valence electrons. The zero-order valence-corrected chi connectivity index (χ0v) is 8.15. The van der Waals surface area contributed by atoms with Crippen molar-refractivity contribution in [2.24, 2.45) is 0 Å². The number of rotatable bonds is 3. The second-order valence-electron chi connectivity index (χ2n) is 2.67. The average molecular weight is 242 g/mol. The van der Waals surface area contributed by atoms with E-state index in [1.807, 2.05) is 0 Å². The smallest absolute Gasteiger partial charge is 0.449 e. The van der Waals surface area contributed by atoms with E-state index < -0.39 is 17.8 Å². The summed E-state index contributed by atoms with van der Waals surface area (Å²) in [4.78, 5) is 10.7. The standard InChI is InChI=1S/C8H7ClF3NO2/c9-3-7(14)13-4-5-1-2-6(15-5)8(10,11)12/h1-2H,3-4H2,(H,13,14). The Bertz CT molecular complexity index is 348.